The summed E-state index contributed by atoms with van der Waals surface area (Å²) in [5.74, 6) is -0.0548. The highest BCUT2D eigenvalue weighted by Gasteiger charge is 2.24. The molecule has 2 rings (SSSR count). The summed E-state index contributed by atoms with van der Waals surface area (Å²) >= 11 is 1.54. The summed E-state index contributed by atoms with van der Waals surface area (Å²) in [6, 6.07) is 3.86. The lowest BCUT2D eigenvalue weighted by Crippen LogP contribution is -2.40. The molecule has 1 saturated heterocycles. The van der Waals surface area contributed by atoms with E-state index in [2.05, 4.69) is 4.90 Å². The third-order valence-electron chi connectivity index (χ3n) is 3.37. The second kappa shape index (κ2) is 5.63. The minimum atomic E-state index is -0.213. The van der Waals surface area contributed by atoms with Gasteiger partial charge in [0.25, 0.3) is 0 Å². The molecule has 0 unspecified atom stereocenters. The molecule has 0 radical (unpaired) electrons. The number of aryl methyl sites for hydroxylation is 1. The van der Waals surface area contributed by atoms with E-state index in [1.165, 1.54) is 11.3 Å². The van der Waals surface area contributed by atoms with Crippen LogP contribution in [0.4, 0.5) is 0 Å². The Hall–Kier alpha value is -1.20. The third kappa shape index (κ3) is 3.17. The number of ketones is 1. The third-order valence-corrected chi connectivity index (χ3v) is 4.41. The van der Waals surface area contributed by atoms with Gasteiger partial charge in [-0.1, -0.05) is 0 Å². The summed E-state index contributed by atoms with van der Waals surface area (Å²) in [7, 11) is 0. The summed E-state index contributed by atoms with van der Waals surface area (Å²) in [5, 5.41) is 0. The number of Topliss-reactive ketones (excluding diaryl/α,β-unsaturated/α-hetero) is 1. The molecule has 1 aromatic rings. The molecule has 0 spiro atoms. The van der Waals surface area contributed by atoms with Crippen LogP contribution in [0.15, 0.2) is 12.1 Å². The first kappa shape index (κ1) is 13.2. The number of piperidine rings is 1. The first-order valence-electron chi connectivity index (χ1n) is 6.17. The maximum Gasteiger partial charge on any atom is 0.220 e. The number of rotatable bonds is 4. The van der Waals surface area contributed by atoms with Crippen LogP contribution in [0.3, 0.4) is 0 Å². The molecule has 2 N–H and O–H groups in total. The fourth-order valence-corrected chi connectivity index (χ4v) is 3.04. The van der Waals surface area contributed by atoms with Crippen LogP contribution in [0, 0.1) is 12.8 Å². The monoisotopic (exact) mass is 266 g/mol. The van der Waals surface area contributed by atoms with Crippen molar-refractivity contribution in [2.45, 2.75) is 19.8 Å². The van der Waals surface area contributed by atoms with Gasteiger partial charge in [0.1, 0.15) is 0 Å². The van der Waals surface area contributed by atoms with E-state index in [0.29, 0.717) is 6.54 Å². The minimum Gasteiger partial charge on any atom is -0.369 e. The van der Waals surface area contributed by atoms with E-state index in [9.17, 15) is 9.59 Å². The molecule has 0 saturated carbocycles. The lowest BCUT2D eigenvalue weighted by molar-refractivity contribution is -0.123. The normalized spacial score (nSPS) is 17.8. The Labute approximate surface area is 111 Å². The van der Waals surface area contributed by atoms with Gasteiger partial charge in [-0.15, -0.1) is 11.3 Å². The zero-order chi connectivity index (χ0) is 13.1. The van der Waals surface area contributed by atoms with Crippen LogP contribution < -0.4 is 5.73 Å². The number of hydrogen-bond acceptors (Lipinski definition) is 4. The van der Waals surface area contributed by atoms with Gasteiger partial charge >= 0.3 is 0 Å². The zero-order valence-electron chi connectivity index (χ0n) is 10.5. The molecule has 0 atom stereocenters. The van der Waals surface area contributed by atoms with Crippen molar-refractivity contribution in [1.29, 1.82) is 0 Å². The van der Waals surface area contributed by atoms with Crippen molar-refractivity contribution >= 4 is 23.0 Å². The molecule has 0 aliphatic carbocycles. The number of nitrogens with zero attached hydrogens (tertiary/aromatic N) is 1. The van der Waals surface area contributed by atoms with Crippen LogP contribution >= 0.6 is 11.3 Å². The first-order chi connectivity index (χ1) is 8.56. The standard InChI is InChI=1S/C13H18N2O2S/c1-9-2-3-12(18-9)11(16)8-15-6-4-10(5-7-15)13(14)17/h2-3,10H,4-8H2,1H3,(H2,14,17). The van der Waals surface area contributed by atoms with E-state index in [4.69, 9.17) is 5.73 Å². The first-order valence-corrected chi connectivity index (χ1v) is 6.99. The number of hydrogen-bond donors (Lipinski definition) is 1. The van der Waals surface area contributed by atoms with Crippen molar-refractivity contribution in [3.8, 4) is 0 Å². The summed E-state index contributed by atoms with van der Waals surface area (Å²) in [5.41, 5.74) is 5.28. The number of primary amides is 1. The molecule has 1 aliphatic heterocycles. The molecular weight excluding hydrogens is 248 g/mol. The molecule has 0 bridgehead atoms. The highest BCUT2D eigenvalue weighted by molar-refractivity contribution is 7.14. The average molecular weight is 266 g/mol. The van der Waals surface area contributed by atoms with E-state index < -0.39 is 0 Å². The Morgan fingerprint density at radius 3 is 2.56 bits per heavy atom. The topological polar surface area (TPSA) is 63.4 Å². The molecule has 5 heteroatoms. The SMILES string of the molecule is Cc1ccc(C(=O)CN2CCC(C(N)=O)CC2)s1. The second-order valence-electron chi connectivity index (χ2n) is 4.79. The lowest BCUT2D eigenvalue weighted by atomic mass is 9.96. The quantitative estimate of drug-likeness (QED) is 0.839. The molecule has 98 valence electrons. The second-order valence-corrected chi connectivity index (χ2v) is 6.07. The highest BCUT2D eigenvalue weighted by Crippen LogP contribution is 2.19. The van der Waals surface area contributed by atoms with Crippen LogP contribution in [0.25, 0.3) is 0 Å². The van der Waals surface area contributed by atoms with E-state index >= 15 is 0 Å². The van der Waals surface area contributed by atoms with Crippen LogP contribution in [0.1, 0.15) is 27.4 Å². The molecule has 1 fully saturated rings. The van der Waals surface area contributed by atoms with Gasteiger partial charge in [-0.05, 0) is 45.0 Å². The van der Waals surface area contributed by atoms with Crippen LogP contribution in [0.2, 0.25) is 0 Å². The Morgan fingerprint density at radius 1 is 1.39 bits per heavy atom. The zero-order valence-corrected chi connectivity index (χ0v) is 11.3. The van der Waals surface area contributed by atoms with Crippen molar-refractivity contribution < 1.29 is 9.59 Å². The van der Waals surface area contributed by atoms with Gasteiger partial charge in [-0.3, -0.25) is 14.5 Å². The average Bonchev–Trinajstić information content (AvgIpc) is 2.76. The Balaban J connectivity index is 1.85. The number of carbonyl (C=O) groups is 2. The van der Waals surface area contributed by atoms with Gasteiger partial charge in [-0.25, -0.2) is 0 Å². The van der Waals surface area contributed by atoms with Crippen molar-refractivity contribution in [3.05, 3.63) is 21.9 Å². The largest absolute Gasteiger partial charge is 0.369 e. The van der Waals surface area contributed by atoms with Crippen LogP contribution in [0.5, 0.6) is 0 Å². The van der Waals surface area contributed by atoms with E-state index in [1.807, 2.05) is 19.1 Å². The molecule has 0 aromatic carbocycles. The minimum absolute atomic E-state index is 0.0136. The van der Waals surface area contributed by atoms with Gasteiger partial charge in [0, 0.05) is 10.8 Å². The van der Waals surface area contributed by atoms with Gasteiger partial charge < -0.3 is 5.73 Å². The summed E-state index contributed by atoms with van der Waals surface area (Å²) in [4.78, 5) is 27.2. The summed E-state index contributed by atoms with van der Waals surface area (Å²) in [6.07, 6.45) is 1.54. The Kier molecular flexibility index (Phi) is 4.14. The van der Waals surface area contributed by atoms with Gasteiger partial charge in [0.2, 0.25) is 5.91 Å². The molecule has 1 amide bonds. The molecule has 2 heterocycles. The smallest absolute Gasteiger partial charge is 0.220 e. The number of thiophene rings is 1. The summed E-state index contributed by atoms with van der Waals surface area (Å²) in [6.45, 7) is 4.01. The molecule has 1 aromatic heterocycles. The number of carbonyl (C=O) groups excluding carboxylic acids is 2. The highest BCUT2D eigenvalue weighted by atomic mass is 32.1. The Morgan fingerprint density at radius 2 is 2.06 bits per heavy atom. The molecule has 18 heavy (non-hydrogen) atoms. The van der Waals surface area contributed by atoms with Gasteiger partial charge in [0.15, 0.2) is 5.78 Å². The maximum atomic E-state index is 12.0. The van der Waals surface area contributed by atoms with Crippen molar-refractivity contribution in [3.63, 3.8) is 0 Å². The molecule has 4 nitrogen and oxygen atoms in total. The predicted molar refractivity (Wildman–Crippen MR) is 71.7 cm³/mol. The van der Waals surface area contributed by atoms with E-state index in [-0.39, 0.29) is 17.6 Å². The number of likely N-dealkylation sites (tertiary alicyclic amines) is 1. The van der Waals surface area contributed by atoms with Gasteiger partial charge in [-0.2, -0.15) is 0 Å². The lowest BCUT2D eigenvalue weighted by Gasteiger charge is -2.29. The number of amides is 1. The number of nitrogens with two attached hydrogens (primary N) is 1. The van der Waals surface area contributed by atoms with Crippen molar-refractivity contribution in [2.24, 2.45) is 11.7 Å². The molecular formula is C13H18N2O2S. The fraction of sp³-hybridized carbons (Fsp3) is 0.538. The summed E-state index contributed by atoms with van der Waals surface area (Å²) < 4.78 is 0. The van der Waals surface area contributed by atoms with Crippen molar-refractivity contribution in [2.75, 3.05) is 19.6 Å². The predicted octanol–water partition coefficient (Wildman–Crippen LogP) is 1.44. The van der Waals surface area contributed by atoms with Crippen molar-refractivity contribution in [1.82, 2.24) is 4.90 Å². The van der Waals surface area contributed by atoms with E-state index in [1.54, 1.807) is 0 Å². The molecule has 1 aliphatic rings. The maximum absolute atomic E-state index is 12.0. The van der Waals surface area contributed by atoms with Crippen LogP contribution in [-0.4, -0.2) is 36.2 Å². The Bertz CT molecular complexity index is 448. The van der Waals surface area contributed by atoms with E-state index in [0.717, 1.165) is 35.7 Å². The van der Waals surface area contributed by atoms with Gasteiger partial charge in [0.05, 0.1) is 11.4 Å². The van der Waals surface area contributed by atoms with Crippen LogP contribution in [-0.2, 0) is 4.79 Å². The fourth-order valence-electron chi connectivity index (χ4n) is 2.24.